The third-order valence-corrected chi connectivity index (χ3v) is 6.99. The van der Waals surface area contributed by atoms with Gasteiger partial charge in [-0.25, -0.2) is 4.79 Å². The summed E-state index contributed by atoms with van der Waals surface area (Å²) in [6.07, 6.45) is -2.65. The number of piperidine rings is 1. The van der Waals surface area contributed by atoms with Gasteiger partial charge in [-0.2, -0.15) is 13.2 Å². The van der Waals surface area contributed by atoms with Crippen molar-refractivity contribution in [3.05, 3.63) is 71.3 Å². The largest absolute Gasteiger partial charge is 0.471 e. The van der Waals surface area contributed by atoms with E-state index in [0.717, 1.165) is 16.0 Å². The number of hydrogen-bond acceptors (Lipinski definition) is 4. The number of esters is 1. The van der Waals surface area contributed by atoms with E-state index in [-0.39, 0.29) is 24.9 Å². The average Bonchev–Trinajstić information content (AvgIpc) is 3.63. The lowest BCUT2D eigenvalue weighted by Gasteiger charge is -2.42. The molecule has 2 aromatic carbocycles. The predicted molar refractivity (Wildman–Crippen MR) is 129 cm³/mol. The van der Waals surface area contributed by atoms with Crippen molar-refractivity contribution in [3.8, 4) is 0 Å². The van der Waals surface area contributed by atoms with E-state index in [4.69, 9.17) is 4.74 Å². The molecule has 0 unspecified atom stereocenters. The second kappa shape index (κ2) is 11.0. The van der Waals surface area contributed by atoms with Gasteiger partial charge in [0.2, 0.25) is 0 Å². The summed E-state index contributed by atoms with van der Waals surface area (Å²) >= 11 is 0. The quantitative estimate of drug-likeness (QED) is 0.546. The summed E-state index contributed by atoms with van der Waals surface area (Å²) in [7, 11) is 1.31. The number of halogens is 4. The molecule has 0 bridgehead atoms. The van der Waals surface area contributed by atoms with Gasteiger partial charge in [-0.15, -0.1) is 12.4 Å². The van der Waals surface area contributed by atoms with Crippen LogP contribution in [0.3, 0.4) is 0 Å². The number of ether oxygens (including phenoxy) is 1. The molecule has 1 amide bonds. The van der Waals surface area contributed by atoms with Crippen molar-refractivity contribution in [2.24, 2.45) is 5.41 Å². The van der Waals surface area contributed by atoms with Crippen LogP contribution >= 0.6 is 12.4 Å². The summed E-state index contributed by atoms with van der Waals surface area (Å²) in [4.78, 5) is 25.6. The second-order valence-corrected chi connectivity index (χ2v) is 9.37. The molecule has 1 saturated heterocycles. The molecule has 0 radical (unpaired) electrons. The summed E-state index contributed by atoms with van der Waals surface area (Å²) in [5, 5.41) is 3.28. The van der Waals surface area contributed by atoms with Gasteiger partial charge in [0, 0.05) is 18.5 Å². The standard InChI is InChI=1S/C26H29F3N2O3.ClH/c1-34-23(32)20-9-5-6-18(14-20)16-25(10-12-30-13-11-25)17-31(24(33)26(27,28)29)22-15-21(22)19-7-3-2-4-8-19;/h2-9,14,21-22,30H,10-13,15-17H2,1H3;1H/t21-,22+;/m0./s1. The molecule has 2 atom stereocenters. The minimum Gasteiger partial charge on any atom is -0.465 e. The van der Waals surface area contributed by atoms with Crippen LogP contribution in [0.1, 0.15) is 46.7 Å². The Balaban J connectivity index is 0.00000342. The molecular formula is C26H30ClF3N2O3. The first kappa shape index (κ1) is 27.0. The molecule has 1 heterocycles. The fraction of sp³-hybridized carbons (Fsp3) is 0.462. The Labute approximate surface area is 209 Å². The van der Waals surface area contributed by atoms with Crippen molar-refractivity contribution in [1.29, 1.82) is 0 Å². The molecule has 190 valence electrons. The summed E-state index contributed by atoms with van der Waals surface area (Å²) in [5.74, 6) is -2.31. The minimum absolute atomic E-state index is 0. The third-order valence-electron chi connectivity index (χ3n) is 6.99. The highest BCUT2D eigenvalue weighted by atomic mass is 35.5. The molecule has 1 saturated carbocycles. The van der Waals surface area contributed by atoms with Crippen LogP contribution < -0.4 is 5.32 Å². The van der Waals surface area contributed by atoms with Gasteiger partial charge in [0.25, 0.3) is 0 Å². The third kappa shape index (κ3) is 6.35. The lowest BCUT2D eigenvalue weighted by Crippen LogP contribution is -2.51. The first-order chi connectivity index (χ1) is 16.2. The Bertz CT molecular complexity index is 1030. The zero-order valence-corrected chi connectivity index (χ0v) is 20.3. The summed E-state index contributed by atoms with van der Waals surface area (Å²) in [6, 6.07) is 15.9. The van der Waals surface area contributed by atoms with Gasteiger partial charge < -0.3 is 15.0 Å². The smallest absolute Gasteiger partial charge is 0.465 e. The molecule has 5 nitrogen and oxygen atoms in total. The first-order valence-corrected chi connectivity index (χ1v) is 11.5. The highest BCUT2D eigenvalue weighted by Crippen LogP contribution is 2.48. The van der Waals surface area contributed by atoms with Gasteiger partial charge in [-0.3, -0.25) is 4.79 Å². The van der Waals surface area contributed by atoms with E-state index in [9.17, 15) is 22.8 Å². The van der Waals surface area contributed by atoms with Crippen LogP contribution in [0.25, 0.3) is 0 Å². The lowest BCUT2D eigenvalue weighted by atomic mass is 9.73. The molecule has 4 rings (SSSR count). The number of benzene rings is 2. The van der Waals surface area contributed by atoms with Crippen LogP contribution in [-0.4, -0.2) is 55.7 Å². The van der Waals surface area contributed by atoms with Gasteiger partial charge in [0.05, 0.1) is 12.7 Å². The van der Waals surface area contributed by atoms with Gasteiger partial charge in [-0.05, 0) is 67.4 Å². The molecular weight excluding hydrogens is 481 g/mol. The van der Waals surface area contributed by atoms with E-state index in [0.29, 0.717) is 44.3 Å². The maximum Gasteiger partial charge on any atom is 0.471 e. The normalized spacial score (nSPS) is 20.9. The second-order valence-electron chi connectivity index (χ2n) is 9.37. The van der Waals surface area contributed by atoms with E-state index in [1.54, 1.807) is 18.2 Å². The van der Waals surface area contributed by atoms with Crippen molar-refractivity contribution in [2.45, 2.75) is 43.8 Å². The SMILES string of the molecule is COC(=O)c1cccc(CC2(CN(C(=O)C(F)(F)F)[C@@H]3C[C@H]3c3ccccc3)CCNCC2)c1.Cl. The maximum atomic E-state index is 13.6. The van der Waals surface area contributed by atoms with Gasteiger partial charge in [0.15, 0.2) is 0 Å². The van der Waals surface area contributed by atoms with E-state index >= 15 is 0 Å². The number of carbonyl (C=O) groups excluding carboxylic acids is 2. The van der Waals surface area contributed by atoms with Crippen molar-refractivity contribution >= 4 is 24.3 Å². The molecule has 1 aliphatic carbocycles. The maximum absolute atomic E-state index is 13.6. The number of rotatable bonds is 7. The molecule has 0 spiro atoms. The molecule has 0 aromatic heterocycles. The number of methoxy groups -OCH3 is 1. The van der Waals surface area contributed by atoms with E-state index in [1.807, 2.05) is 36.4 Å². The minimum atomic E-state index is -4.93. The average molecular weight is 511 g/mol. The van der Waals surface area contributed by atoms with Gasteiger partial charge >= 0.3 is 18.1 Å². The molecule has 2 aromatic rings. The highest BCUT2D eigenvalue weighted by Gasteiger charge is 2.53. The highest BCUT2D eigenvalue weighted by molar-refractivity contribution is 5.89. The van der Waals surface area contributed by atoms with Gasteiger partial charge in [-0.1, -0.05) is 42.5 Å². The lowest BCUT2D eigenvalue weighted by molar-refractivity contribution is -0.188. The van der Waals surface area contributed by atoms with E-state index < -0.39 is 29.5 Å². The Hall–Kier alpha value is -2.58. The Morgan fingerprint density at radius 2 is 1.77 bits per heavy atom. The fourth-order valence-electron chi connectivity index (χ4n) is 5.16. The van der Waals surface area contributed by atoms with Crippen molar-refractivity contribution in [1.82, 2.24) is 10.2 Å². The van der Waals surface area contributed by atoms with Gasteiger partial charge in [0.1, 0.15) is 0 Å². The van der Waals surface area contributed by atoms with Crippen LogP contribution in [0.2, 0.25) is 0 Å². The van der Waals surface area contributed by atoms with Crippen molar-refractivity contribution in [3.63, 3.8) is 0 Å². The first-order valence-electron chi connectivity index (χ1n) is 11.5. The molecule has 9 heteroatoms. The summed E-state index contributed by atoms with van der Waals surface area (Å²) in [5.41, 5.74) is 1.68. The number of amides is 1. The number of alkyl halides is 3. The topological polar surface area (TPSA) is 58.6 Å². The number of hydrogen-bond donors (Lipinski definition) is 1. The summed E-state index contributed by atoms with van der Waals surface area (Å²) < 4.78 is 45.8. The molecule has 1 N–H and O–H groups in total. The zero-order chi connectivity index (χ0) is 24.3. The molecule has 1 aliphatic heterocycles. The van der Waals surface area contributed by atoms with Crippen molar-refractivity contribution in [2.75, 3.05) is 26.7 Å². The molecule has 35 heavy (non-hydrogen) atoms. The Morgan fingerprint density at radius 3 is 2.40 bits per heavy atom. The van der Waals surface area contributed by atoms with E-state index in [1.165, 1.54) is 7.11 Å². The van der Waals surface area contributed by atoms with Crippen LogP contribution in [0, 0.1) is 5.41 Å². The van der Waals surface area contributed by atoms with Crippen LogP contribution in [0.15, 0.2) is 54.6 Å². The van der Waals surface area contributed by atoms with Crippen LogP contribution in [-0.2, 0) is 16.0 Å². The number of nitrogens with zero attached hydrogens (tertiary/aromatic N) is 1. The predicted octanol–water partition coefficient (Wildman–Crippen LogP) is 4.75. The fourth-order valence-corrected chi connectivity index (χ4v) is 5.16. The van der Waals surface area contributed by atoms with Crippen molar-refractivity contribution < 1.29 is 27.5 Å². The van der Waals surface area contributed by atoms with E-state index in [2.05, 4.69) is 5.32 Å². The number of carbonyl (C=O) groups is 2. The summed E-state index contributed by atoms with van der Waals surface area (Å²) in [6.45, 7) is 1.36. The monoisotopic (exact) mass is 510 g/mol. The molecule has 2 fully saturated rings. The zero-order valence-electron chi connectivity index (χ0n) is 19.5. The Kier molecular flexibility index (Phi) is 8.49. The molecule has 2 aliphatic rings. The Morgan fingerprint density at radius 1 is 1.09 bits per heavy atom. The number of nitrogens with one attached hydrogen (secondary N) is 1. The van der Waals surface area contributed by atoms with Crippen LogP contribution in [0.4, 0.5) is 13.2 Å². The van der Waals surface area contributed by atoms with Crippen LogP contribution in [0.5, 0.6) is 0 Å².